The van der Waals surface area contributed by atoms with Crippen molar-refractivity contribution >= 4 is 0 Å². The number of hydrogen-bond donors (Lipinski definition) is 1. The Morgan fingerprint density at radius 3 is 2.38 bits per heavy atom. The van der Waals surface area contributed by atoms with Crippen molar-refractivity contribution in [3.63, 3.8) is 0 Å². The van der Waals surface area contributed by atoms with Crippen LogP contribution in [-0.4, -0.2) is 25.4 Å². The molecule has 0 aromatic heterocycles. The second-order valence-corrected chi connectivity index (χ2v) is 2.88. The molecule has 5 heteroatoms. The van der Waals surface area contributed by atoms with Crippen LogP contribution in [-0.2, 0) is 4.74 Å². The lowest BCUT2D eigenvalue weighted by atomic mass is 10.2. The number of nitrogens with two attached hydrogens (primary N) is 1. The number of halogens is 3. The molecule has 1 atom stereocenters. The second-order valence-electron chi connectivity index (χ2n) is 2.88. The number of alkyl halides is 3. The first-order valence-corrected chi connectivity index (χ1v) is 4.38. The maximum Gasteiger partial charge on any atom is 0.391 e. The highest BCUT2D eigenvalue weighted by Gasteiger charge is 2.26. The minimum absolute atomic E-state index is 0.229. The van der Waals surface area contributed by atoms with Gasteiger partial charge in [0.15, 0.2) is 0 Å². The summed E-state index contributed by atoms with van der Waals surface area (Å²) in [5, 5.41) is 0. The Morgan fingerprint density at radius 1 is 1.38 bits per heavy atom. The smallest absolute Gasteiger partial charge is 0.377 e. The Labute approximate surface area is 76.2 Å². The van der Waals surface area contributed by atoms with Gasteiger partial charge in [-0.05, 0) is 6.42 Å². The summed E-state index contributed by atoms with van der Waals surface area (Å²) in [6.07, 6.45) is -3.67. The van der Waals surface area contributed by atoms with E-state index in [1.54, 1.807) is 0 Å². The van der Waals surface area contributed by atoms with Gasteiger partial charge in [0, 0.05) is 6.54 Å². The van der Waals surface area contributed by atoms with E-state index in [1.165, 1.54) is 0 Å². The molecular formula is C8H16F3NO. The minimum Gasteiger partial charge on any atom is -0.377 e. The summed E-state index contributed by atoms with van der Waals surface area (Å²) >= 11 is 0. The van der Waals surface area contributed by atoms with E-state index >= 15 is 0 Å². The zero-order valence-corrected chi connectivity index (χ0v) is 7.73. The predicted molar refractivity (Wildman–Crippen MR) is 44.4 cm³/mol. The van der Waals surface area contributed by atoms with Crippen molar-refractivity contribution in [2.45, 2.75) is 38.5 Å². The normalized spacial score (nSPS) is 14.5. The molecular weight excluding hydrogens is 183 g/mol. The molecule has 0 aromatic rings. The molecule has 0 rings (SSSR count). The van der Waals surface area contributed by atoms with Crippen LogP contribution in [0, 0.1) is 0 Å². The van der Waals surface area contributed by atoms with Gasteiger partial charge in [-0.15, -0.1) is 0 Å². The molecule has 1 unspecified atom stereocenters. The monoisotopic (exact) mass is 199 g/mol. The van der Waals surface area contributed by atoms with Crippen LogP contribution in [0.25, 0.3) is 0 Å². The standard InChI is InChI=1S/C8H16F3NO/c1-2-3-7(6-12)13-5-4-8(9,10)11/h7H,2-6,12H2,1H3. The summed E-state index contributed by atoms with van der Waals surface area (Å²) < 4.78 is 40.0. The van der Waals surface area contributed by atoms with Gasteiger partial charge in [-0.2, -0.15) is 13.2 Å². The second kappa shape index (κ2) is 6.21. The SMILES string of the molecule is CCCC(CN)OCCC(F)(F)F. The van der Waals surface area contributed by atoms with Crippen LogP contribution in [0.3, 0.4) is 0 Å². The molecule has 0 aliphatic carbocycles. The van der Waals surface area contributed by atoms with Gasteiger partial charge >= 0.3 is 6.18 Å². The van der Waals surface area contributed by atoms with Gasteiger partial charge < -0.3 is 10.5 Å². The summed E-state index contributed by atoms with van der Waals surface area (Å²) in [5.41, 5.74) is 5.30. The van der Waals surface area contributed by atoms with E-state index in [1.807, 2.05) is 6.92 Å². The maximum absolute atomic E-state index is 11.7. The van der Waals surface area contributed by atoms with E-state index < -0.39 is 12.6 Å². The first-order chi connectivity index (χ1) is 5.99. The third-order valence-corrected chi connectivity index (χ3v) is 1.61. The molecule has 0 aromatic carbocycles. The van der Waals surface area contributed by atoms with Gasteiger partial charge in [0.2, 0.25) is 0 Å². The van der Waals surface area contributed by atoms with E-state index in [0.717, 1.165) is 6.42 Å². The molecule has 0 amide bonds. The number of hydrogen-bond acceptors (Lipinski definition) is 2. The average molecular weight is 199 g/mol. The summed E-state index contributed by atoms with van der Waals surface area (Å²) in [7, 11) is 0. The van der Waals surface area contributed by atoms with E-state index in [4.69, 9.17) is 10.5 Å². The lowest BCUT2D eigenvalue weighted by Crippen LogP contribution is -2.25. The topological polar surface area (TPSA) is 35.2 Å². The molecule has 0 radical (unpaired) electrons. The molecule has 0 spiro atoms. The Kier molecular flexibility index (Phi) is 6.07. The van der Waals surface area contributed by atoms with Gasteiger partial charge in [-0.3, -0.25) is 0 Å². The lowest BCUT2D eigenvalue weighted by Gasteiger charge is -2.15. The fourth-order valence-electron chi connectivity index (χ4n) is 0.933. The molecule has 2 N–H and O–H groups in total. The van der Waals surface area contributed by atoms with Gasteiger partial charge in [-0.25, -0.2) is 0 Å². The van der Waals surface area contributed by atoms with Crippen LogP contribution in [0.1, 0.15) is 26.2 Å². The molecule has 0 saturated heterocycles. The van der Waals surface area contributed by atoms with Crippen LogP contribution in [0.4, 0.5) is 13.2 Å². The summed E-state index contributed by atoms with van der Waals surface area (Å²) in [4.78, 5) is 0. The molecule has 0 saturated carbocycles. The molecule has 0 aliphatic rings. The number of ether oxygens (including phenoxy) is 1. The van der Waals surface area contributed by atoms with Crippen LogP contribution in [0.5, 0.6) is 0 Å². The summed E-state index contributed by atoms with van der Waals surface area (Å²) in [6.45, 7) is 1.94. The van der Waals surface area contributed by atoms with Crippen molar-refractivity contribution in [2.24, 2.45) is 5.73 Å². The highest BCUT2D eigenvalue weighted by atomic mass is 19.4. The van der Waals surface area contributed by atoms with E-state index in [0.29, 0.717) is 6.42 Å². The summed E-state index contributed by atoms with van der Waals surface area (Å²) in [5.74, 6) is 0. The highest BCUT2D eigenvalue weighted by Crippen LogP contribution is 2.19. The molecule has 80 valence electrons. The van der Waals surface area contributed by atoms with Crippen molar-refractivity contribution in [2.75, 3.05) is 13.2 Å². The third-order valence-electron chi connectivity index (χ3n) is 1.61. The average Bonchev–Trinajstić information content (AvgIpc) is 2.01. The zero-order valence-electron chi connectivity index (χ0n) is 7.73. The maximum atomic E-state index is 11.7. The lowest BCUT2D eigenvalue weighted by molar-refractivity contribution is -0.148. The Bertz CT molecular complexity index is 127. The van der Waals surface area contributed by atoms with Crippen LogP contribution in [0.2, 0.25) is 0 Å². The fourth-order valence-corrected chi connectivity index (χ4v) is 0.933. The van der Waals surface area contributed by atoms with E-state index in [-0.39, 0.29) is 19.3 Å². The van der Waals surface area contributed by atoms with Gasteiger partial charge in [0.1, 0.15) is 0 Å². The van der Waals surface area contributed by atoms with Crippen LogP contribution >= 0.6 is 0 Å². The molecule has 0 bridgehead atoms. The first-order valence-electron chi connectivity index (χ1n) is 4.38. The summed E-state index contributed by atoms with van der Waals surface area (Å²) in [6, 6.07) is 0. The fraction of sp³-hybridized carbons (Fsp3) is 1.00. The predicted octanol–water partition coefficient (Wildman–Crippen LogP) is 2.08. The molecule has 0 heterocycles. The van der Waals surface area contributed by atoms with Crippen LogP contribution in [0.15, 0.2) is 0 Å². The van der Waals surface area contributed by atoms with Gasteiger partial charge in [0.25, 0.3) is 0 Å². The van der Waals surface area contributed by atoms with Crippen molar-refractivity contribution < 1.29 is 17.9 Å². The quantitative estimate of drug-likeness (QED) is 0.710. The molecule has 2 nitrogen and oxygen atoms in total. The Morgan fingerprint density at radius 2 is 2.00 bits per heavy atom. The molecule has 0 aliphatic heterocycles. The minimum atomic E-state index is -4.13. The van der Waals surface area contributed by atoms with Crippen molar-refractivity contribution in [1.29, 1.82) is 0 Å². The van der Waals surface area contributed by atoms with Crippen molar-refractivity contribution in [1.82, 2.24) is 0 Å². The largest absolute Gasteiger partial charge is 0.391 e. The highest BCUT2D eigenvalue weighted by molar-refractivity contribution is 4.58. The molecule has 13 heavy (non-hydrogen) atoms. The van der Waals surface area contributed by atoms with Crippen molar-refractivity contribution in [3.05, 3.63) is 0 Å². The third kappa shape index (κ3) is 8.05. The first kappa shape index (κ1) is 12.7. The van der Waals surface area contributed by atoms with Gasteiger partial charge in [-0.1, -0.05) is 13.3 Å². The van der Waals surface area contributed by atoms with E-state index in [2.05, 4.69) is 0 Å². The number of rotatable bonds is 6. The molecule has 0 fully saturated rings. The Hall–Kier alpha value is -0.290. The Balaban J connectivity index is 3.49. The van der Waals surface area contributed by atoms with E-state index in [9.17, 15) is 13.2 Å². The zero-order chi connectivity index (χ0) is 10.3. The van der Waals surface area contributed by atoms with Gasteiger partial charge in [0.05, 0.1) is 19.1 Å². The van der Waals surface area contributed by atoms with Crippen molar-refractivity contribution in [3.8, 4) is 0 Å². The van der Waals surface area contributed by atoms with Crippen LogP contribution < -0.4 is 5.73 Å².